The summed E-state index contributed by atoms with van der Waals surface area (Å²) in [6, 6.07) is 4.08. The molecule has 86 valence electrons. The van der Waals surface area contributed by atoms with Crippen molar-refractivity contribution in [1.82, 2.24) is 9.97 Å². The number of aromatic amines is 1. The van der Waals surface area contributed by atoms with Crippen molar-refractivity contribution >= 4 is 11.6 Å². The van der Waals surface area contributed by atoms with Crippen LogP contribution in [0.3, 0.4) is 0 Å². The van der Waals surface area contributed by atoms with Gasteiger partial charge in [0.15, 0.2) is 0 Å². The molecule has 0 fully saturated rings. The number of imidazole rings is 1. The molecular formula is C10H8N4O3. The van der Waals surface area contributed by atoms with Crippen LogP contribution >= 0.6 is 0 Å². The number of nitrogens with two attached hydrogens (primary N) is 1. The fraction of sp³-hybridized carbons (Fsp3) is 0. The lowest BCUT2D eigenvalue weighted by Gasteiger charge is -2.01. The number of hydrogen-bond acceptors (Lipinski definition) is 4. The average Bonchev–Trinajstić information content (AvgIpc) is 2.81. The van der Waals surface area contributed by atoms with Gasteiger partial charge in [0, 0.05) is 24.0 Å². The molecule has 1 aromatic heterocycles. The topological polar surface area (TPSA) is 115 Å². The van der Waals surface area contributed by atoms with E-state index in [1.807, 2.05) is 0 Å². The second-order valence-electron chi connectivity index (χ2n) is 3.29. The van der Waals surface area contributed by atoms with Gasteiger partial charge in [0.05, 0.1) is 4.92 Å². The van der Waals surface area contributed by atoms with E-state index in [0.29, 0.717) is 11.4 Å². The van der Waals surface area contributed by atoms with Crippen LogP contribution in [0, 0.1) is 10.1 Å². The number of hydrogen-bond donors (Lipinski definition) is 2. The Bertz CT molecular complexity index is 577. The van der Waals surface area contributed by atoms with E-state index in [1.54, 1.807) is 12.4 Å². The van der Waals surface area contributed by atoms with Gasteiger partial charge in [-0.15, -0.1) is 0 Å². The molecule has 0 saturated heterocycles. The second-order valence-corrected chi connectivity index (χ2v) is 3.29. The Labute approximate surface area is 95.4 Å². The number of nitro groups is 1. The lowest BCUT2D eigenvalue weighted by atomic mass is 10.1. The Hall–Kier alpha value is -2.70. The van der Waals surface area contributed by atoms with Crippen LogP contribution in [0.15, 0.2) is 30.6 Å². The number of aromatic nitrogens is 2. The Morgan fingerprint density at radius 3 is 2.76 bits per heavy atom. The van der Waals surface area contributed by atoms with E-state index < -0.39 is 10.8 Å². The van der Waals surface area contributed by atoms with Crippen molar-refractivity contribution < 1.29 is 9.72 Å². The summed E-state index contributed by atoms with van der Waals surface area (Å²) in [6.45, 7) is 0. The van der Waals surface area contributed by atoms with Gasteiger partial charge in [0.2, 0.25) is 0 Å². The molecule has 0 aliphatic rings. The molecule has 3 N–H and O–H groups in total. The third kappa shape index (κ3) is 1.98. The van der Waals surface area contributed by atoms with Crippen LogP contribution in [0.4, 0.5) is 5.69 Å². The van der Waals surface area contributed by atoms with Crippen LogP contribution in [0.5, 0.6) is 0 Å². The third-order valence-corrected chi connectivity index (χ3v) is 2.23. The molecule has 7 heteroatoms. The molecule has 1 amide bonds. The minimum atomic E-state index is -0.842. The van der Waals surface area contributed by atoms with Crippen molar-refractivity contribution in [3.63, 3.8) is 0 Å². The summed E-state index contributed by atoms with van der Waals surface area (Å²) in [4.78, 5) is 28.0. The molecule has 0 radical (unpaired) electrons. The number of amides is 1. The Morgan fingerprint density at radius 1 is 1.47 bits per heavy atom. The maximum atomic E-state index is 11.1. The summed E-state index contributed by atoms with van der Waals surface area (Å²) in [6.07, 6.45) is 3.15. The monoisotopic (exact) mass is 232 g/mol. The number of primary amides is 1. The molecule has 1 heterocycles. The maximum Gasteiger partial charge on any atom is 0.282 e. The molecule has 7 nitrogen and oxygen atoms in total. The number of nitrogens with zero attached hydrogens (tertiary/aromatic N) is 2. The van der Waals surface area contributed by atoms with Crippen LogP contribution in [0.2, 0.25) is 0 Å². The summed E-state index contributed by atoms with van der Waals surface area (Å²) in [5.74, 6) is -0.326. The summed E-state index contributed by atoms with van der Waals surface area (Å²) >= 11 is 0. The van der Waals surface area contributed by atoms with E-state index >= 15 is 0 Å². The number of benzene rings is 1. The average molecular weight is 232 g/mol. The summed E-state index contributed by atoms with van der Waals surface area (Å²) in [5.41, 5.74) is 5.22. The second kappa shape index (κ2) is 4.05. The van der Waals surface area contributed by atoms with Crippen molar-refractivity contribution in [1.29, 1.82) is 0 Å². The predicted octanol–water partition coefficient (Wildman–Crippen LogP) is 1.08. The van der Waals surface area contributed by atoms with E-state index in [1.165, 1.54) is 18.2 Å². The van der Waals surface area contributed by atoms with Gasteiger partial charge < -0.3 is 10.7 Å². The van der Waals surface area contributed by atoms with E-state index in [4.69, 9.17) is 5.73 Å². The lowest BCUT2D eigenvalue weighted by molar-refractivity contribution is -0.385. The first kappa shape index (κ1) is 10.8. The SMILES string of the molecule is NC(=O)c1cc(-c2ncc[nH]2)ccc1[N+](=O)[O-]. The van der Waals surface area contributed by atoms with Gasteiger partial charge in [0.1, 0.15) is 11.4 Å². The number of carbonyl (C=O) groups excluding carboxylic acids is 1. The van der Waals surface area contributed by atoms with Crippen LogP contribution in [0.25, 0.3) is 11.4 Å². The highest BCUT2D eigenvalue weighted by Crippen LogP contribution is 2.24. The summed E-state index contributed by atoms with van der Waals surface area (Å²) in [5, 5.41) is 10.7. The fourth-order valence-corrected chi connectivity index (χ4v) is 1.46. The first-order valence-electron chi connectivity index (χ1n) is 4.67. The first-order chi connectivity index (χ1) is 8.09. The molecule has 17 heavy (non-hydrogen) atoms. The molecule has 0 unspecified atom stereocenters. The van der Waals surface area contributed by atoms with Gasteiger partial charge >= 0.3 is 0 Å². The number of nitro benzene ring substituents is 1. The van der Waals surface area contributed by atoms with Gasteiger partial charge in [0.25, 0.3) is 11.6 Å². The normalized spacial score (nSPS) is 10.1. The number of rotatable bonds is 3. The van der Waals surface area contributed by atoms with Gasteiger partial charge in [-0.1, -0.05) is 0 Å². The van der Waals surface area contributed by atoms with Gasteiger partial charge in [-0.2, -0.15) is 0 Å². The lowest BCUT2D eigenvalue weighted by Crippen LogP contribution is -2.13. The number of nitrogens with one attached hydrogen (secondary N) is 1. The molecule has 0 bridgehead atoms. The first-order valence-corrected chi connectivity index (χ1v) is 4.67. The van der Waals surface area contributed by atoms with Crippen molar-refractivity contribution in [2.45, 2.75) is 0 Å². The zero-order chi connectivity index (χ0) is 12.4. The molecule has 0 aliphatic carbocycles. The van der Waals surface area contributed by atoms with Gasteiger partial charge in [-0.3, -0.25) is 14.9 Å². The Balaban J connectivity index is 2.57. The molecule has 2 aromatic rings. The molecule has 2 rings (SSSR count). The van der Waals surface area contributed by atoms with Crippen LogP contribution < -0.4 is 5.73 Å². The quantitative estimate of drug-likeness (QED) is 0.608. The van der Waals surface area contributed by atoms with E-state index in [-0.39, 0.29) is 11.3 Å². The molecule has 0 aliphatic heterocycles. The van der Waals surface area contributed by atoms with E-state index in [2.05, 4.69) is 9.97 Å². The Kier molecular flexibility index (Phi) is 2.57. The smallest absolute Gasteiger partial charge is 0.282 e. The van der Waals surface area contributed by atoms with Crippen LogP contribution in [-0.2, 0) is 0 Å². The summed E-state index contributed by atoms with van der Waals surface area (Å²) in [7, 11) is 0. The highest BCUT2D eigenvalue weighted by atomic mass is 16.6. The van der Waals surface area contributed by atoms with Crippen molar-refractivity contribution in [3.05, 3.63) is 46.3 Å². The highest BCUT2D eigenvalue weighted by Gasteiger charge is 2.19. The molecule has 0 spiro atoms. The van der Waals surface area contributed by atoms with Crippen molar-refractivity contribution in [2.75, 3.05) is 0 Å². The summed E-state index contributed by atoms with van der Waals surface area (Å²) < 4.78 is 0. The van der Waals surface area contributed by atoms with E-state index in [0.717, 1.165) is 0 Å². The zero-order valence-electron chi connectivity index (χ0n) is 8.58. The minimum Gasteiger partial charge on any atom is -0.365 e. The van der Waals surface area contributed by atoms with Crippen molar-refractivity contribution in [2.24, 2.45) is 5.73 Å². The Morgan fingerprint density at radius 2 is 2.24 bits per heavy atom. The van der Waals surface area contributed by atoms with Crippen LogP contribution in [0.1, 0.15) is 10.4 Å². The van der Waals surface area contributed by atoms with Gasteiger partial charge in [-0.25, -0.2) is 4.98 Å². The molecular weight excluding hydrogens is 224 g/mol. The predicted molar refractivity (Wildman–Crippen MR) is 59.2 cm³/mol. The minimum absolute atomic E-state index is 0.135. The third-order valence-electron chi connectivity index (χ3n) is 2.23. The fourth-order valence-electron chi connectivity index (χ4n) is 1.46. The van der Waals surface area contributed by atoms with E-state index in [9.17, 15) is 14.9 Å². The maximum absolute atomic E-state index is 11.1. The zero-order valence-corrected chi connectivity index (χ0v) is 8.58. The molecule has 0 atom stereocenters. The molecule has 0 saturated carbocycles. The van der Waals surface area contributed by atoms with Crippen LogP contribution in [-0.4, -0.2) is 20.8 Å². The van der Waals surface area contributed by atoms with Crippen molar-refractivity contribution in [3.8, 4) is 11.4 Å². The standard InChI is InChI=1S/C10H8N4O3/c11-9(15)7-5-6(10-12-3-4-13-10)1-2-8(7)14(16)17/h1-5H,(H2,11,15)(H,12,13). The van der Waals surface area contributed by atoms with Gasteiger partial charge in [-0.05, 0) is 12.1 Å². The largest absolute Gasteiger partial charge is 0.365 e. The number of carbonyl (C=O) groups is 1. The number of H-pyrrole nitrogens is 1. The highest BCUT2D eigenvalue weighted by molar-refractivity contribution is 5.98. The molecule has 1 aromatic carbocycles.